The third-order valence-electron chi connectivity index (χ3n) is 3.77. The van der Waals surface area contributed by atoms with E-state index in [1.165, 1.54) is 12.1 Å². The van der Waals surface area contributed by atoms with E-state index in [4.69, 9.17) is 0 Å². The van der Waals surface area contributed by atoms with E-state index in [0.717, 1.165) is 22.5 Å². The van der Waals surface area contributed by atoms with Crippen LogP contribution in [-0.2, 0) is 0 Å². The highest BCUT2D eigenvalue weighted by molar-refractivity contribution is 5.99. The molecule has 0 bridgehead atoms. The van der Waals surface area contributed by atoms with Crippen LogP contribution in [-0.4, -0.2) is 15.8 Å². The Labute approximate surface area is 145 Å². The summed E-state index contributed by atoms with van der Waals surface area (Å²) in [6.07, 6.45) is 0. The number of aryl methyl sites for hydroxylation is 3. The summed E-state index contributed by atoms with van der Waals surface area (Å²) in [5, 5.41) is 9.97. The summed E-state index contributed by atoms with van der Waals surface area (Å²) in [5.74, 6) is 0.182. The molecule has 0 fully saturated rings. The van der Waals surface area contributed by atoms with Crippen LogP contribution in [0.5, 0.6) is 0 Å². The number of hydrogen-bond acceptors (Lipinski definition) is 2. The number of benzene rings is 2. The van der Waals surface area contributed by atoms with Gasteiger partial charge in [-0.2, -0.15) is 5.10 Å². The molecule has 6 heteroatoms. The van der Waals surface area contributed by atoms with Crippen LogP contribution in [0, 0.1) is 26.6 Å². The molecular formula is C19H19FN4O. The molecule has 2 aromatic carbocycles. The van der Waals surface area contributed by atoms with Gasteiger partial charge in [-0.3, -0.25) is 5.32 Å². The lowest BCUT2D eigenvalue weighted by Crippen LogP contribution is -2.21. The number of nitrogens with one attached hydrogen (secondary N) is 2. The summed E-state index contributed by atoms with van der Waals surface area (Å²) in [7, 11) is 0. The number of aromatic nitrogens is 2. The van der Waals surface area contributed by atoms with Crippen LogP contribution in [0.25, 0.3) is 5.69 Å². The SMILES string of the molecule is Cc1ccc(NC(=O)Nc2cc(C)nn2-c2ccc(F)cc2)c(C)c1. The van der Waals surface area contributed by atoms with Crippen LogP contribution in [0.3, 0.4) is 0 Å². The monoisotopic (exact) mass is 338 g/mol. The molecule has 1 heterocycles. The minimum atomic E-state index is -0.366. The van der Waals surface area contributed by atoms with E-state index in [-0.39, 0.29) is 11.8 Å². The molecule has 0 saturated heterocycles. The van der Waals surface area contributed by atoms with Crippen molar-refractivity contribution in [2.75, 3.05) is 10.6 Å². The first-order valence-electron chi connectivity index (χ1n) is 7.90. The average Bonchev–Trinajstić information content (AvgIpc) is 2.91. The van der Waals surface area contributed by atoms with Gasteiger partial charge in [-0.25, -0.2) is 13.9 Å². The van der Waals surface area contributed by atoms with E-state index < -0.39 is 0 Å². The maximum Gasteiger partial charge on any atom is 0.324 e. The van der Waals surface area contributed by atoms with E-state index in [1.54, 1.807) is 22.9 Å². The van der Waals surface area contributed by atoms with Crippen molar-refractivity contribution in [3.8, 4) is 5.69 Å². The van der Waals surface area contributed by atoms with E-state index in [1.807, 2.05) is 39.0 Å². The van der Waals surface area contributed by atoms with Gasteiger partial charge < -0.3 is 5.32 Å². The van der Waals surface area contributed by atoms with Gasteiger partial charge in [0.05, 0.1) is 11.4 Å². The lowest BCUT2D eigenvalue weighted by molar-refractivity contribution is 0.262. The summed E-state index contributed by atoms with van der Waals surface area (Å²) >= 11 is 0. The van der Waals surface area contributed by atoms with Crippen molar-refractivity contribution in [1.29, 1.82) is 0 Å². The number of amides is 2. The van der Waals surface area contributed by atoms with Crippen molar-refractivity contribution in [3.63, 3.8) is 0 Å². The largest absolute Gasteiger partial charge is 0.324 e. The first-order chi connectivity index (χ1) is 11.9. The maximum absolute atomic E-state index is 13.1. The molecule has 3 rings (SSSR count). The number of nitrogens with zero attached hydrogens (tertiary/aromatic N) is 2. The topological polar surface area (TPSA) is 59.0 Å². The molecule has 0 spiro atoms. The molecule has 0 atom stereocenters. The Balaban J connectivity index is 1.81. The van der Waals surface area contributed by atoms with Gasteiger partial charge in [0.25, 0.3) is 0 Å². The summed E-state index contributed by atoms with van der Waals surface area (Å²) in [6.45, 7) is 5.77. The minimum absolute atomic E-state index is 0.324. The van der Waals surface area contributed by atoms with Crippen molar-refractivity contribution in [1.82, 2.24) is 9.78 Å². The van der Waals surface area contributed by atoms with Crippen molar-refractivity contribution in [3.05, 3.63) is 71.2 Å². The van der Waals surface area contributed by atoms with Crippen molar-refractivity contribution < 1.29 is 9.18 Å². The number of hydrogen-bond donors (Lipinski definition) is 2. The molecule has 2 N–H and O–H groups in total. The molecule has 25 heavy (non-hydrogen) atoms. The normalized spacial score (nSPS) is 10.6. The van der Waals surface area contributed by atoms with Crippen molar-refractivity contribution >= 4 is 17.5 Å². The predicted molar refractivity (Wildman–Crippen MR) is 96.8 cm³/mol. The second-order valence-corrected chi connectivity index (χ2v) is 5.96. The standard InChI is InChI=1S/C19H19FN4O/c1-12-4-9-17(13(2)10-12)21-19(25)22-18-11-14(3)23-24(18)16-7-5-15(20)6-8-16/h4-11H,1-3H3,(H2,21,22,25). The third-order valence-corrected chi connectivity index (χ3v) is 3.77. The molecule has 0 aliphatic rings. The van der Waals surface area contributed by atoms with Crippen LogP contribution in [0.2, 0.25) is 0 Å². The number of urea groups is 1. The van der Waals surface area contributed by atoms with E-state index in [0.29, 0.717) is 11.5 Å². The Kier molecular flexibility index (Phi) is 4.52. The number of halogens is 1. The van der Waals surface area contributed by atoms with Gasteiger partial charge in [-0.15, -0.1) is 0 Å². The van der Waals surface area contributed by atoms with Gasteiger partial charge in [0.2, 0.25) is 0 Å². The second-order valence-electron chi connectivity index (χ2n) is 5.96. The fourth-order valence-electron chi connectivity index (χ4n) is 2.59. The quantitative estimate of drug-likeness (QED) is 0.734. The van der Waals surface area contributed by atoms with E-state index in [9.17, 15) is 9.18 Å². The zero-order valence-electron chi connectivity index (χ0n) is 14.3. The van der Waals surface area contributed by atoms with Crippen LogP contribution in [0.4, 0.5) is 20.7 Å². The Morgan fingerprint density at radius 3 is 2.40 bits per heavy atom. The van der Waals surface area contributed by atoms with E-state index in [2.05, 4.69) is 15.7 Å². The molecular weight excluding hydrogens is 319 g/mol. The molecule has 5 nitrogen and oxygen atoms in total. The van der Waals surface area contributed by atoms with E-state index >= 15 is 0 Å². The van der Waals surface area contributed by atoms with Gasteiger partial charge in [-0.05, 0) is 56.7 Å². The Bertz CT molecular complexity index is 916. The molecule has 0 unspecified atom stereocenters. The number of carbonyl (C=O) groups is 1. The predicted octanol–water partition coefficient (Wildman–Crippen LogP) is 4.58. The molecule has 0 saturated carbocycles. The Hall–Kier alpha value is -3.15. The highest BCUT2D eigenvalue weighted by Gasteiger charge is 2.12. The first-order valence-corrected chi connectivity index (χ1v) is 7.90. The maximum atomic E-state index is 13.1. The zero-order chi connectivity index (χ0) is 18.0. The smallest absolute Gasteiger partial charge is 0.307 e. The first kappa shape index (κ1) is 16.7. The van der Waals surface area contributed by atoms with Gasteiger partial charge >= 0.3 is 6.03 Å². The molecule has 0 aliphatic carbocycles. The molecule has 128 valence electrons. The summed E-state index contributed by atoms with van der Waals surface area (Å²) < 4.78 is 14.7. The minimum Gasteiger partial charge on any atom is -0.307 e. The lowest BCUT2D eigenvalue weighted by atomic mass is 10.1. The summed E-state index contributed by atoms with van der Waals surface area (Å²) in [5.41, 5.74) is 4.27. The molecule has 0 aliphatic heterocycles. The number of anilines is 2. The third kappa shape index (κ3) is 3.85. The highest BCUT2D eigenvalue weighted by Crippen LogP contribution is 2.19. The van der Waals surface area contributed by atoms with Gasteiger partial charge in [0, 0.05) is 11.8 Å². The highest BCUT2D eigenvalue weighted by atomic mass is 19.1. The zero-order valence-corrected chi connectivity index (χ0v) is 14.3. The van der Waals surface area contributed by atoms with Crippen molar-refractivity contribution in [2.24, 2.45) is 0 Å². The van der Waals surface area contributed by atoms with Gasteiger partial charge in [-0.1, -0.05) is 17.7 Å². The van der Waals surface area contributed by atoms with Crippen LogP contribution < -0.4 is 10.6 Å². The fraction of sp³-hybridized carbons (Fsp3) is 0.158. The molecule has 2 amide bonds. The second kappa shape index (κ2) is 6.76. The molecule has 3 aromatic rings. The molecule has 1 aromatic heterocycles. The number of carbonyl (C=O) groups excluding carboxylic acids is 1. The van der Waals surface area contributed by atoms with Gasteiger partial charge in [0.1, 0.15) is 11.6 Å². The fourth-order valence-corrected chi connectivity index (χ4v) is 2.59. The summed E-state index contributed by atoms with van der Waals surface area (Å²) in [4.78, 5) is 12.3. The molecule has 0 radical (unpaired) electrons. The lowest BCUT2D eigenvalue weighted by Gasteiger charge is -2.12. The van der Waals surface area contributed by atoms with Crippen LogP contribution in [0.15, 0.2) is 48.5 Å². The van der Waals surface area contributed by atoms with Crippen LogP contribution in [0.1, 0.15) is 16.8 Å². The average molecular weight is 338 g/mol. The van der Waals surface area contributed by atoms with Gasteiger partial charge in [0.15, 0.2) is 0 Å². The van der Waals surface area contributed by atoms with Crippen molar-refractivity contribution in [2.45, 2.75) is 20.8 Å². The Morgan fingerprint density at radius 2 is 1.72 bits per heavy atom. The summed E-state index contributed by atoms with van der Waals surface area (Å²) in [6, 6.07) is 13.1. The number of rotatable bonds is 3. The Morgan fingerprint density at radius 1 is 1.00 bits per heavy atom. The van der Waals surface area contributed by atoms with Crippen LogP contribution >= 0.6 is 0 Å².